The molecule has 0 heterocycles. The summed E-state index contributed by atoms with van der Waals surface area (Å²) < 4.78 is 0.569. The highest BCUT2D eigenvalue weighted by Gasteiger charge is 2.18. The Bertz CT molecular complexity index is 706. The van der Waals surface area contributed by atoms with E-state index >= 15 is 0 Å². The third-order valence-corrected chi connectivity index (χ3v) is 3.81. The van der Waals surface area contributed by atoms with Crippen molar-refractivity contribution >= 4 is 38.8 Å². The standard InChI is InChI=1S/C15H10BrClN2O/c1-9-2-4-10(5-3-9)12(8-18)11-6-13(16)15(19-20)7-14(11)17/h2-7,20H,1H3/b12-11+,19-15?. The van der Waals surface area contributed by atoms with E-state index in [1.54, 1.807) is 6.08 Å². The van der Waals surface area contributed by atoms with Crippen LogP contribution in [0.1, 0.15) is 11.1 Å². The monoisotopic (exact) mass is 348 g/mol. The second-order valence-electron chi connectivity index (χ2n) is 4.24. The molecule has 3 nitrogen and oxygen atoms in total. The zero-order chi connectivity index (χ0) is 14.7. The second-order valence-corrected chi connectivity index (χ2v) is 5.50. The molecule has 0 spiro atoms. The summed E-state index contributed by atoms with van der Waals surface area (Å²) in [5.41, 5.74) is 3.30. The van der Waals surface area contributed by atoms with Gasteiger partial charge in [-0.1, -0.05) is 46.6 Å². The van der Waals surface area contributed by atoms with Crippen LogP contribution >= 0.6 is 27.5 Å². The summed E-state index contributed by atoms with van der Waals surface area (Å²) in [6, 6.07) is 9.81. The Hall–Kier alpha value is -1.83. The maximum absolute atomic E-state index is 9.41. The van der Waals surface area contributed by atoms with Crippen LogP contribution in [-0.4, -0.2) is 10.9 Å². The van der Waals surface area contributed by atoms with E-state index < -0.39 is 0 Å². The van der Waals surface area contributed by atoms with Gasteiger partial charge in [0.25, 0.3) is 0 Å². The van der Waals surface area contributed by atoms with Gasteiger partial charge in [-0.2, -0.15) is 5.26 Å². The first-order valence-electron chi connectivity index (χ1n) is 5.75. The third kappa shape index (κ3) is 2.84. The molecule has 0 fully saturated rings. The largest absolute Gasteiger partial charge is 0.410 e. The zero-order valence-electron chi connectivity index (χ0n) is 10.6. The fourth-order valence-electron chi connectivity index (χ4n) is 1.81. The molecule has 0 amide bonds. The molecule has 1 aromatic rings. The molecule has 1 aliphatic rings. The number of hydrogen-bond donors (Lipinski definition) is 1. The Balaban J connectivity index is 2.61. The lowest BCUT2D eigenvalue weighted by molar-refractivity contribution is 0.320. The van der Waals surface area contributed by atoms with Crippen LogP contribution < -0.4 is 0 Å². The lowest BCUT2D eigenvalue weighted by Crippen LogP contribution is -2.03. The van der Waals surface area contributed by atoms with Crippen LogP contribution in [-0.2, 0) is 0 Å². The van der Waals surface area contributed by atoms with E-state index in [1.165, 1.54) is 6.08 Å². The quantitative estimate of drug-likeness (QED) is 0.460. The first-order chi connectivity index (χ1) is 9.56. The van der Waals surface area contributed by atoms with Crippen LogP contribution in [0.2, 0.25) is 0 Å². The zero-order valence-corrected chi connectivity index (χ0v) is 12.9. The summed E-state index contributed by atoms with van der Waals surface area (Å²) in [5.74, 6) is 0. The Labute approximate surface area is 130 Å². The van der Waals surface area contributed by atoms with Gasteiger partial charge in [-0.3, -0.25) is 0 Å². The first-order valence-corrected chi connectivity index (χ1v) is 6.92. The SMILES string of the molecule is Cc1ccc(/C(C#N)=C2\C=C(Br)C(=NO)C=C2Cl)cc1. The van der Waals surface area contributed by atoms with E-state index in [0.29, 0.717) is 26.4 Å². The molecule has 0 aliphatic heterocycles. The number of nitriles is 1. The summed E-state index contributed by atoms with van der Waals surface area (Å²) >= 11 is 9.46. The molecule has 1 N–H and O–H groups in total. The fourth-order valence-corrected chi connectivity index (χ4v) is 2.48. The molecule has 0 saturated heterocycles. The van der Waals surface area contributed by atoms with E-state index in [4.69, 9.17) is 16.8 Å². The van der Waals surface area contributed by atoms with E-state index in [-0.39, 0.29) is 0 Å². The van der Waals surface area contributed by atoms with Gasteiger partial charge in [0.15, 0.2) is 0 Å². The molecule has 1 aromatic carbocycles. The number of benzene rings is 1. The highest BCUT2D eigenvalue weighted by atomic mass is 79.9. The van der Waals surface area contributed by atoms with Crippen LogP contribution in [0.25, 0.3) is 5.57 Å². The normalized spacial score (nSPS) is 19.2. The maximum Gasteiger partial charge on any atom is 0.118 e. The van der Waals surface area contributed by atoms with Crippen molar-refractivity contribution in [2.75, 3.05) is 0 Å². The Kier molecular flexibility index (Phi) is 4.43. The van der Waals surface area contributed by atoms with Crippen molar-refractivity contribution in [1.82, 2.24) is 0 Å². The molecule has 2 rings (SSSR count). The van der Waals surface area contributed by atoms with Crippen molar-refractivity contribution in [3.8, 4) is 6.07 Å². The van der Waals surface area contributed by atoms with Gasteiger partial charge in [-0.15, -0.1) is 0 Å². The smallest absolute Gasteiger partial charge is 0.118 e. The maximum atomic E-state index is 9.41. The number of allylic oxidation sites excluding steroid dienone is 6. The van der Waals surface area contributed by atoms with Gasteiger partial charge in [0, 0.05) is 10.1 Å². The number of hydrogen-bond acceptors (Lipinski definition) is 3. The van der Waals surface area contributed by atoms with E-state index in [1.807, 2.05) is 31.2 Å². The number of oxime groups is 1. The third-order valence-electron chi connectivity index (χ3n) is 2.87. The van der Waals surface area contributed by atoms with Gasteiger partial charge in [0.05, 0.1) is 10.6 Å². The molecule has 20 heavy (non-hydrogen) atoms. The van der Waals surface area contributed by atoms with E-state index in [2.05, 4.69) is 27.2 Å². The average Bonchev–Trinajstić information content (AvgIpc) is 2.45. The fraction of sp³-hybridized carbons (Fsp3) is 0.0667. The molecular weight excluding hydrogens is 340 g/mol. The molecule has 5 heteroatoms. The van der Waals surface area contributed by atoms with Crippen molar-refractivity contribution in [2.24, 2.45) is 5.16 Å². The lowest BCUT2D eigenvalue weighted by Gasteiger charge is -2.12. The second kappa shape index (κ2) is 6.08. The molecule has 1 aliphatic carbocycles. The Morgan fingerprint density at radius 3 is 2.50 bits per heavy atom. The number of nitrogens with zero attached hydrogens (tertiary/aromatic N) is 2. The molecule has 100 valence electrons. The van der Waals surface area contributed by atoms with Crippen LogP contribution in [0.4, 0.5) is 0 Å². The number of rotatable bonds is 1. The highest BCUT2D eigenvalue weighted by Crippen LogP contribution is 2.33. The van der Waals surface area contributed by atoms with E-state index in [0.717, 1.165) is 11.1 Å². The number of aryl methyl sites for hydroxylation is 1. The average molecular weight is 350 g/mol. The summed E-state index contributed by atoms with van der Waals surface area (Å²) in [6.45, 7) is 1.98. The van der Waals surface area contributed by atoms with Crippen molar-refractivity contribution in [3.63, 3.8) is 0 Å². The minimum Gasteiger partial charge on any atom is -0.410 e. The van der Waals surface area contributed by atoms with Crippen LogP contribution in [0, 0.1) is 18.3 Å². The summed E-state index contributed by atoms with van der Waals surface area (Å²) in [5, 5.41) is 21.7. The predicted molar refractivity (Wildman–Crippen MR) is 83.9 cm³/mol. The van der Waals surface area contributed by atoms with Crippen molar-refractivity contribution in [1.29, 1.82) is 5.26 Å². The molecule has 0 atom stereocenters. The first kappa shape index (κ1) is 14.6. The minimum atomic E-state index is 0.319. The van der Waals surface area contributed by atoms with Gasteiger partial charge in [-0.05, 0) is 40.6 Å². The van der Waals surface area contributed by atoms with Crippen LogP contribution in [0.15, 0.2) is 56.7 Å². The van der Waals surface area contributed by atoms with Gasteiger partial charge in [0.1, 0.15) is 11.8 Å². The van der Waals surface area contributed by atoms with Crippen molar-refractivity contribution < 1.29 is 5.21 Å². The van der Waals surface area contributed by atoms with E-state index in [9.17, 15) is 5.26 Å². The molecule has 0 radical (unpaired) electrons. The Morgan fingerprint density at radius 1 is 1.30 bits per heavy atom. The lowest BCUT2D eigenvalue weighted by atomic mass is 9.96. The highest BCUT2D eigenvalue weighted by molar-refractivity contribution is 9.12. The van der Waals surface area contributed by atoms with Gasteiger partial charge in [0.2, 0.25) is 0 Å². The minimum absolute atomic E-state index is 0.319. The van der Waals surface area contributed by atoms with Gasteiger partial charge < -0.3 is 5.21 Å². The summed E-state index contributed by atoms with van der Waals surface area (Å²) in [7, 11) is 0. The molecular formula is C15H10BrClN2O. The predicted octanol–water partition coefficient (Wildman–Crippen LogP) is 4.52. The number of halogens is 2. The van der Waals surface area contributed by atoms with Gasteiger partial charge >= 0.3 is 0 Å². The summed E-state index contributed by atoms with van der Waals surface area (Å²) in [6.07, 6.45) is 3.18. The summed E-state index contributed by atoms with van der Waals surface area (Å²) in [4.78, 5) is 0. The Morgan fingerprint density at radius 2 is 1.95 bits per heavy atom. The van der Waals surface area contributed by atoms with Crippen molar-refractivity contribution in [2.45, 2.75) is 6.92 Å². The van der Waals surface area contributed by atoms with Crippen LogP contribution in [0.5, 0.6) is 0 Å². The molecule has 0 saturated carbocycles. The van der Waals surface area contributed by atoms with Gasteiger partial charge in [-0.25, -0.2) is 0 Å². The van der Waals surface area contributed by atoms with Crippen LogP contribution in [0.3, 0.4) is 0 Å². The molecule has 0 aromatic heterocycles. The molecule has 0 unspecified atom stereocenters. The molecule has 0 bridgehead atoms. The topological polar surface area (TPSA) is 56.4 Å². The van der Waals surface area contributed by atoms with Crippen molar-refractivity contribution in [3.05, 3.63) is 62.6 Å².